The van der Waals surface area contributed by atoms with Gasteiger partial charge in [-0.15, -0.1) is 12.4 Å². The van der Waals surface area contributed by atoms with Gasteiger partial charge in [0, 0.05) is 62.9 Å². The average Bonchev–Trinajstić information content (AvgIpc) is 2.77. The summed E-state index contributed by atoms with van der Waals surface area (Å²) in [4.78, 5) is 29.8. The first-order valence-electron chi connectivity index (χ1n) is 9.66. The molecule has 0 aromatic carbocycles. The molecule has 0 spiro atoms. The van der Waals surface area contributed by atoms with E-state index >= 15 is 0 Å². The number of pyridine rings is 3. The highest BCUT2D eigenvalue weighted by molar-refractivity contribution is 5.93. The zero-order valence-corrected chi connectivity index (χ0v) is 17.0. The fraction of sp³-hybridized carbons (Fsp3) is 0.333. The second-order valence-corrected chi connectivity index (χ2v) is 6.88. The molecule has 1 aliphatic heterocycles. The molecule has 3 aromatic rings. The maximum Gasteiger partial charge on any atom is 0.252 e. The van der Waals surface area contributed by atoms with Gasteiger partial charge in [0.2, 0.25) is 0 Å². The van der Waals surface area contributed by atoms with Crippen molar-refractivity contribution < 1.29 is 4.79 Å². The predicted octanol–water partition coefficient (Wildman–Crippen LogP) is 2.39. The summed E-state index contributed by atoms with van der Waals surface area (Å²) < 4.78 is 0. The Morgan fingerprint density at radius 2 is 1.83 bits per heavy atom. The molecule has 29 heavy (non-hydrogen) atoms. The Labute approximate surface area is 176 Å². The first-order chi connectivity index (χ1) is 13.8. The van der Waals surface area contributed by atoms with Crippen LogP contribution in [0.5, 0.6) is 0 Å². The molecule has 1 N–H and O–H groups in total. The van der Waals surface area contributed by atoms with Gasteiger partial charge in [-0.05, 0) is 43.3 Å². The lowest BCUT2D eigenvalue weighted by molar-refractivity contribution is 0.0951. The van der Waals surface area contributed by atoms with E-state index in [2.05, 4.69) is 36.1 Å². The van der Waals surface area contributed by atoms with Crippen LogP contribution in [0.3, 0.4) is 0 Å². The van der Waals surface area contributed by atoms with Crippen LogP contribution in [0.15, 0.2) is 55.1 Å². The van der Waals surface area contributed by atoms with Crippen molar-refractivity contribution in [1.82, 2.24) is 25.2 Å². The molecule has 152 valence electrons. The van der Waals surface area contributed by atoms with Crippen molar-refractivity contribution >= 4 is 35.0 Å². The molecule has 0 unspecified atom stereocenters. The Kier molecular flexibility index (Phi) is 7.32. The number of anilines is 1. The first kappa shape index (κ1) is 21.0. The van der Waals surface area contributed by atoms with Crippen LogP contribution in [-0.2, 0) is 0 Å². The number of carbonyl (C=O) groups excluding carboxylic acids is 1. The Morgan fingerprint density at radius 1 is 1.00 bits per heavy atom. The fourth-order valence-electron chi connectivity index (χ4n) is 3.53. The summed E-state index contributed by atoms with van der Waals surface area (Å²) in [6, 6.07) is 9.55. The van der Waals surface area contributed by atoms with Gasteiger partial charge in [0.25, 0.3) is 5.91 Å². The third kappa shape index (κ3) is 5.19. The fourth-order valence-corrected chi connectivity index (χ4v) is 3.53. The van der Waals surface area contributed by atoms with Crippen molar-refractivity contribution in [3.05, 3.63) is 60.7 Å². The van der Waals surface area contributed by atoms with Crippen LogP contribution in [0, 0.1) is 0 Å². The lowest BCUT2D eigenvalue weighted by atomic mass is 10.2. The van der Waals surface area contributed by atoms with Crippen molar-refractivity contribution in [2.45, 2.75) is 6.42 Å². The highest BCUT2D eigenvalue weighted by Gasteiger charge is 2.19. The van der Waals surface area contributed by atoms with Crippen LogP contribution in [-0.4, -0.2) is 65.0 Å². The number of aromatic nitrogens is 3. The summed E-state index contributed by atoms with van der Waals surface area (Å²) in [6.45, 7) is 5.53. The predicted molar refractivity (Wildman–Crippen MR) is 117 cm³/mol. The summed E-state index contributed by atoms with van der Waals surface area (Å²) >= 11 is 0. The molecule has 0 atom stereocenters. The Hall–Kier alpha value is -2.77. The van der Waals surface area contributed by atoms with Crippen molar-refractivity contribution in [3.8, 4) is 0 Å². The van der Waals surface area contributed by atoms with Gasteiger partial charge >= 0.3 is 0 Å². The molecule has 1 aliphatic rings. The number of rotatable bonds is 6. The van der Waals surface area contributed by atoms with E-state index < -0.39 is 0 Å². The van der Waals surface area contributed by atoms with E-state index in [1.807, 2.05) is 24.5 Å². The topological polar surface area (TPSA) is 74.2 Å². The smallest absolute Gasteiger partial charge is 0.252 e. The van der Waals surface area contributed by atoms with E-state index in [0.29, 0.717) is 12.1 Å². The van der Waals surface area contributed by atoms with Gasteiger partial charge in [0.1, 0.15) is 5.82 Å². The molecule has 8 heteroatoms. The summed E-state index contributed by atoms with van der Waals surface area (Å²) in [6.07, 6.45) is 7.84. The molecule has 0 radical (unpaired) electrons. The third-order valence-corrected chi connectivity index (χ3v) is 5.04. The van der Waals surface area contributed by atoms with Gasteiger partial charge in [-0.3, -0.25) is 19.7 Å². The van der Waals surface area contributed by atoms with Crippen LogP contribution in [0.4, 0.5) is 5.82 Å². The first-order valence-corrected chi connectivity index (χ1v) is 9.66. The number of piperazine rings is 1. The summed E-state index contributed by atoms with van der Waals surface area (Å²) in [5.74, 6) is 0.961. The average molecular weight is 413 g/mol. The van der Waals surface area contributed by atoms with Gasteiger partial charge in [-0.2, -0.15) is 0 Å². The van der Waals surface area contributed by atoms with Crippen molar-refractivity contribution in [2.75, 3.05) is 44.2 Å². The van der Waals surface area contributed by atoms with E-state index in [0.717, 1.165) is 55.9 Å². The van der Waals surface area contributed by atoms with Gasteiger partial charge in [0.15, 0.2) is 0 Å². The zero-order chi connectivity index (χ0) is 19.2. The Morgan fingerprint density at radius 3 is 2.62 bits per heavy atom. The van der Waals surface area contributed by atoms with Crippen molar-refractivity contribution in [2.24, 2.45) is 0 Å². The Balaban J connectivity index is 0.00000240. The molecule has 1 fully saturated rings. The van der Waals surface area contributed by atoms with E-state index in [1.165, 1.54) is 0 Å². The molecular formula is C21H25ClN6O. The van der Waals surface area contributed by atoms with Crippen LogP contribution in [0.2, 0.25) is 0 Å². The third-order valence-electron chi connectivity index (χ3n) is 5.04. The minimum Gasteiger partial charge on any atom is -0.353 e. The van der Waals surface area contributed by atoms with E-state index in [1.54, 1.807) is 24.5 Å². The molecule has 3 aromatic heterocycles. The van der Waals surface area contributed by atoms with Crippen LogP contribution >= 0.6 is 12.4 Å². The maximum atomic E-state index is 12.0. The number of carbonyl (C=O) groups is 1. The standard InChI is InChI=1S/C21H24N6O.ClH/c28-21(17-4-1-7-22-16-17)25-9-3-11-26-12-14-27(15-13-26)20-18-5-2-8-23-19(18)6-10-24-20;/h1-2,4-8,10,16H,3,9,11-15H2,(H,25,28);1H. The molecule has 1 saturated heterocycles. The van der Waals surface area contributed by atoms with Crippen LogP contribution < -0.4 is 10.2 Å². The summed E-state index contributed by atoms with van der Waals surface area (Å²) in [5, 5.41) is 4.07. The van der Waals surface area contributed by atoms with E-state index in [9.17, 15) is 4.79 Å². The molecule has 0 saturated carbocycles. The zero-order valence-electron chi connectivity index (χ0n) is 16.2. The highest BCUT2D eigenvalue weighted by atomic mass is 35.5. The second kappa shape index (κ2) is 10.1. The quantitative estimate of drug-likeness (QED) is 0.626. The monoisotopic (exact) mass is 412 g/mol. The normalized spacial score (nSPS) is 14.4. The van der Waals surface area contributed by atoms with Gasteiger partial charge in [0.05, 0.1) is 11.1 Å². The largest absolute Gasteiger partial charge is 0.353 e. The lowest BCUT2D eigenvalue weighted by Crippen LogP contribution is -2.47. The molecular weight excluding hydrogens is 388 g/mol. The molecule has 0 bridgehead atoms. The SMILES string of the molecule is Cl.O=C(NCCCN1CCN(c2nccc3ncccc23)CC1)c1cccnc1. The Bertz CT molecular complexity index is 925. The number of hydrogen-bond donors (Lipinski definition) is 1. The van der Waals surface area contributed by atoms with Gasteiger partial charge in [-0.1, -0.05) is 0 Å². The van der Waals surface area contributed by atoms with Crippen LogP contribution in [0.25, 0.3) is 10.9 Å². The van der Waals surface area contributed by atoms with Crippen LogP contribution in [0.1, 0.15) is 16.8 Å². The summed E-state index contributed by atoms with van der Waals surface area (Å²) in [5.41, 5.74) is 1.59. The molecule has 7 nitrogen and oxygen atoms in total. The van der Waals surface area contributed by atoms with Gasteiger partial charge < -0.3 is 10.2 Å². The molecule has 0 aliphatic carbocycles. The maximum absolute atomic E-state index is 12.0. The van der Waals surface area contributed by atoms with Crippen molar-refractivity contribution in [1.29, 1.82) is 0 Å². The number of nitrogens with zero attached hydrogens (tertiary/aromatic N) is 5. The minimum atomic E-state index is -0.0615. The minimum absolute atomic E-state index is 0. The highest BCUT2D eigenvalue weighted by Crippen LogP contribution is 2.23. The van der Waals surface area contributed by atoms with Gasteiger partial charge in [-0.25, -0.2) is 4.98 Å². The number of hydrogen-bond acceptors (Lipinski definition) is 6. The lowest BCUT2D eigenvalue weighted by Gasteiger charge is -2.35. The molecule has 1 amide bonds. The van der Waals surface area contributed by atoms with Crippen molar-refractivity contribution in [3.63, 3.8) is 0 Å². The number of halogens is 1. The second-order valence-electron chi connectivity index (χ2n) is 6.88. The van der Waals surface area contributed by atoms with E-state index in [-0.39, 0.29) is 18.3 Å². The molecule has 4 heterocycles. The number of nitrogens with one attached hydrogen (secondary N) is 1. The number of amides is 1. The van der Waals surface area contributed by atoms with E-state index in [4.69, 9.17) is 0 Å². The molecule has 4 rings (SSSR count). The number of fused-ring (bicyclic) bond motifs is 1. The summed E-state index contributed by atoms with van der Waals surface area (Å²) in [7, 11) is 0.